The van der Waals surface area contributed by atoms with E-state index in [0.717, 1.165) is 0 Å². The monoisotopic (exact) mass is 508 g/mol. The van der Waals surface area contributed by atoms with Crippen LogP contribution in [0.4, 0.5) is 0 Å². The van der Waals surface area contributed by atoms with Crippen LogP contribution in [0.3, 0.4) is 0 Å². The predicted molar refractivity (Wildman–Crippen MR) is 171 cm³/mol. The fourth-order valence-electron chi connectivity index (χ4n) is 7.90. The summed E-state index contributed by atoms with van der Waals surface area (Å²) in [7, 11) is 0. The van der Waals surface area contributed by atoms with Crippen LogP contribution in [0.15, 0.2) is 115 Å². The van der Waals surface area contributed by atoms with Crippen LogP contribution in [0, 0.1) is 6.92 Å². The summed E-state index contributed by atoms with van der Waals surface area (Å²) in [5.41, 5.74) is 15.0. The molecule has 188 valence electrons. The molecule has 0 heterocycles. The van der Waals surface area contributed by atoms with Crippen molar-refractivity contribution < 1.29 is 0 Å². The average molecular weight is 509 g/mol. The van der Waals surface area contributed by atoms with Crippen LogP contribution in [-0.2, 0) is 5.41 Å². The van der Waals surface area contributed by atoms with Crippen LogP contribution in [0.1, 0.15) is 30.5 Å². The summed E-state index contributed by atoms with van der Waals surface area (Å²) in [5.74, 6) is 0. The van der Waals surface area contributed by atoms with Crippen LogP contribution < -0.4 is 0 Å². The van der Waals surface area contributed by atoms with Crippen LogP contribution in [0.25, 0.3) is 76.8 Å². The van der Waals surface area contributed by atoms with Crippen molar-refractivity contribution in [1.82, 2.24) is 0 Å². The van der Waals surface area contributed by atoms with E-state index < -0.39 is 0 Å². The lowest BCUT2D eigenvalue weighted by atomic mass is 9.80. The predicted octanol–water partition coefficient (Wildman–Crippen LogP) is 11.1. The molecule has 0 nitrogen and oxygen atoms in total. The van der Waals surface area contributed by atoms with Crippen molar-refractivity contribution in [3.05, 3.63) is 132 Å². The first-order valence-electron chi connectivity index (χ1n) is 14.3. The van der Waals surface area contributed by atoms with Crippen LogP contribution in [-0.4, -0.2) is 0 Å². The minimum absolute atomic E-state index is 0.0411. The highest BCUT2D eigenvalue weighted by Gasteiger charge is 2.36. The zero-order chi connectivity index (χ0) is 26.7. The quantitative estimate of drug-likeness (QED) is 0.193. The van der Waals surface area contributed by atoms with Gasteiger partial charge in [-0.15, -0.1) is 0 Å². The minimum atomic E-state index is -0.0411. The van der Waals surface area contributed by atoms with Crippen molar-refractivity contribution in [3.8, 4) is 44.5 Å². The van der Waals surface area contributed by atoms with E-state index in [0.29, 0.717) is 0 Å². The molecule has 0 heteroatoms. The van der Waals surface area contributed by atoms with Crippen molar-refractivity contribution in [2.24, 2.45) is 0 Å². The highest BCUT2D eigenvalue weighted by Crippen LogP contribution is 2.54. The molecular weight excluding hydrogens is 480 g/mol. The smallest absolute Gasteiger partial charge is 0.0159 e. The molecule has 0 saturated carbocycles. The Hall–Kier alpha value is -4.68. The molecule has 0 saturated heterocycles. The molecule has 0 aromatic heterocycles. The van der Waals surface area contributed by atoms with Gasteiger partial charge in [-0.1, -0.05) is 117 Å². The molecule has 0 radical (unpaired) electrons. The molecule has 9 rings (SSSR count). The lowest BCUT2D eigenvalue weighted by Crippen LogP contribution is -2.14. The highest BCUT2D eigenvalue weighted by molar-refractivity contribution is 6.24. The standard InChI is InChI=1S/C40H28/c1-23-24-11-4-7-15-28(24)39(35-22-37-34(21-33(23)35)27-14-8-9-18-36(27)40(37,2)3)32-20-19-31-26-13-6-5-12-25(26)29-16-10-17-30(32)38(29)31/h4-22H,1-3H3. The third-order valence-electron chi connectivity index (χ3n) is 9.81. The van der Waals surface area contributed by atoms with E-state index in [-0.39, 0.29) is 5.41 Å². The third kappa shape index (κ3) is 2.62. The molecule has 0 spiro atoms. The van der Waals surface area contributed by atoms with E-state index in [1.165, 1.54) is 93.5 Å². The van der Waals surface area contributed by atoms with Crippen molar-refractivity contribution in [2.75, 3.05) is 0 Å². The lowest BCUT2D eigenvalue weighted by Gasteiger charge is -2.23. The van der Waals surface area contributed by atoms with Gasteiger partial charge in [-0.2, -0.15) is 0 Å². The zero-order valence-electron chi connectivity index (χ0n) is 23.0. The van der Waals surface area contributed by atoms with Gasteiger partial charge in [0.25, 0.3) is 0 Å². The number of aryl methyl sites for hydroxylation is 1. The van der Waals surface area contributed by atoms with Gasteiger partial charge in [-0.3, -0.25) is 0 Å². The normalized spacial score (nSPS) is 14.1. The topological polar surface area (TPSA) is 0 Å². The largest absolute Gasteiger partial charge is 0.0619 e. The van der Waals surface area contributed by atoms with Crippen molar-refractivity contribution in [2.45, 2.75) is 26.2 Å². The summed E-state index contributed by atoms with van der Waals surface area (Å²) in [6, 6.07) is 43.4. The third-order valence-corrected chi connectivity index (χ3v) is 9.81. The molecule has 0 aliphatic heterocycles. The van der Waals surface area contributed by atoms with E-state index in [1.807, 2.05) is 0 Å². The van der Waals surface area contributed by atoms with Crippen molar-refractivity contribution in [1.29, 1.82) is 0 Å². The first-order valence-corrected chi connectivity index (χ1v) is 14.3. The first kappa shape index (κ1) is 22.2. The summed E-state index contributed by atoms with van der Waals surface area (Å²) >= 11 is 0. The molecule has 0 N–H and O–H groups in total. The van der Waals surface area contributed by atoms with Gasteiger partial charge in [0, 0.05) is 5.41 Å². The first-order chi connectivity index (χ1) is 19.5. The zero-order valence-corrected chi connectivity index (χ0v) is 23.0. The molecule has 0 amide bonds. The van der Waals surface area contributed by atoms with Gasteiger partial charge in [0.05, 0.1) is 0 Å². The number of hydrogen-bond acceptors (Lipinski definition) is 0. The fraction of sp³-hybridized carbons (Fsp3) is 0.100. The molecule has 0 unspecified atom stereocenters. The number of rotatable bonds is 1. The second-order valence-corrected chi connectivity index (χ2v) is 12.1. The summed E-state index contributed by atoms with van der Waals surface area (Å²) < 4.78 is 0. The molecule has 7 aromatic carbocycles. The van der Waals surface area contributed by atoms with Gasteiger partial charge in [-0.25, -0.2) is 0 Å². The van der Waals surface area contributed by atoms with Gasteiger partial charge < -0.3 is 0 Å². The number of fused-ring (bicyclic) bond motifs is 8. The summed E-state index contributed by atoms with van der Waals surface area (Å²) in [4.78, 5) is 0. The molecule has 2 aliphatic rings. The second-order valence-electron chi connectivity index (χ2n) is 12.1. The maximum absolute atomic E-state index is 2.53. The summed E-state index contributed by atoms with van der Waals surface area (Å²) in [5, 5.41) is 8.09. The Labute approximate surface area is 234 Å². The SMILES string of the molecule is Cc1c2ccccc2c(-c2ccc3c4c(cccc24)-c2ccccc2-3)c2cc3c(cc12)-c1ccccc1C3(C)C. The van der Waals surface area contributed by atoms with Crippen molar-refractivity contribution in [3.63, 3.8) is 0 Å². The minimum Gasteiger partial charge on any atom is -0.0619 e. The highest BCUT2D eigenvalue weighted by atomic mass is 14.4. The van der Waals surface area contributed by atoms with Gasteiger partial charge >= 0.3 is 0 Å². The summed E-state index contributed by atoms with van der Waals surface area (Å²) in [6.45, 7) is 7.07. The van der Waals surface area contributed by atoms with Crippen LogP contribution >= 0.6 is 0 Å². The Kier molecular flexibility index (Phi) is 4.15. The van der Waals surface area contributed by atoms with Crippen molar-refractivity contribution >= 4 is 32.3 Å². The Bertz CT molecular complexity index is 2210. The van der Waals surface area contributed by atoms with Gasteiger partial charge in [0.2, 0.25) is 0 Å². The maximum atomic E-state index is 2.53. The van der Waals surface area contributed by atoms with Crippen LogP contribution in [0.5, 0.6) is 0 Å². The van der Waals surface area contributed by atoms with E-state index in [9.17, 15) is 0 Å². The van der Waals surface area contributed by atoms with Crippen LogP contribution in [0.2, 0.25) is 0 Å². The molecule has 0 fully saturated rings. The number of benzene rings is 7. The average Bonchev–Trinajstić information content (AvgIpc) is 3.43. The number of hydrogen-bond donors (Lipinski definition) is 0. The Morgan fingerprint density at radius 3 is 1.80 bits per heavy atom. The van der Waals surface area contributed by atoms with Gasteiger partial charge in [0.15, 0.2) is 0 Å². The Morgan fingerprint density at radius 1 is 0.400 bits per heavy atom. The lowest BCUT2D eigenvalue weighted by molar-refractivity contribution is 0.661. The molecule has 7 aromatic rings. The fourth-order valence-corrected chi connectivity index (χ4v) is 7.90. The maximum Gasteiger partial charge on any atom is 0.0159 e. The molecule has 0 bridgehead atoms. The van der Waals surface area contributed by atoms with E-state index in [1.54, 1.807) is 0 Å². The molecule has 0 atom stereocenters. The molecule has 40 heavy (non-hydrogen) atoms. The Balaban J connectivity index is 1.45. The second kappa shape index (κ2) is 7.49. The molecular formula is C40H28. The molecule has 2 aliphatic carbocycles. The van der Waals surface area contributed by atoms with E-state index in [4.69, 9.17) is 0 Å². The van der Waals surface area contributed by atoms with E-state index in [2.05, 4.69) is 136 Å². The Morgan fingerprint density at radius 2 is 1.00 bits per heavy atom. The van der Waals surface area contributed by atoms with Gasteiger partial charge in [0.1, 0.15) is 0 Å². The van der Waals surface area contributed by atoms with Gasteiger partial charge in [-0.05, 0) is 113 Å². The summed E-state index contributed by atoms with van der Waals surface area (Å²) in [6.07, 6.45) is 0. The van der Waals surface area contributed by atoms with E-state index >= 15 is 0 Å².